The molecule has 0 aliphatic heterocycles. The van der Waals surface area contributed by atoms with Crippen LogP contribution >= 0.6 is 11.6 Å². The number of nitrogens with zero attached hydrogens (tertiary/aromatic N) is 2. The molecule has 0 fully saturated rings. The monoisotopic (exact) mass is 234 g/mol. The van der Waals surface area contributed by atoms with Gasteiger partial charge in [-0.05, 0) is 13.8 Å². The van der Waals surface area contributed by atoms with Crippen LogP contribution in [0.1, 0.15) is 12.6 Å². The molecule has 0 N–H and O–H groups in total. The molecule has 1 aromatic heterocycles. The van der Waals surface area contributed by atoms with E-state index in [2.05, 4.69) is 9.97 Å². The van der Waals surface area contributed by atoms with Gasteiger partial charge in [0.2, 0.25) is 9.84 Å². The van der Waals surface area contributed by atoms with E-state index < -0.39 is 15.1 Å². The van der Waals surface area contributed by atoms with Crippen molar-refractivity contribution in [1.82, 2.24) is 9.97 Å². The standard InChI is InChI=1S/C8H11ClN2O2S/c1-6(5-9)14(12,13)8-7(2)10-3-4-11-8/h3-4,6H,5H2,1-2H3. The summed E-state index contributed by atoms with van der Waals surface area (Å²) in [7, 11) is -3.43. The lowest BCUT2D eigenvalue weighted by atomic mass is 10.5. The molecule has 0 saturated heterocycles. The third-order valence-corrected chi connectivity index (χ3v) is 4.66. The highest BCUT2D eigenvalue weighted by Crippen LogP contribution is 2.16. The third kappa shape index (κ3) is 2.04. The Bertz CT molecular complexity index is 419. The number of sulfone groups is 1. The number of aromatic nitrogens is 2. The predicted octanol–water partition coefficient (Wildman–Crippen LogP) is 1.19. The highest BCUT2D eigenvalue weighted by Gasteiger charge is 2.25. The SMILES string of the molecule is Cc1nccnc1S(=O)(=O)C(C)CCl. The molecule has 0 bridgehead atoms. The second-order valence-electron chi connectivity index (χ2n) is 2.96. The molecular formula is C8H11ClN2O2S. The Balaban J connectivity index is 3.24. The fourth-order valence-corrected chi connectivity index (χ4v) is 2.66. The lowest BCUT2D eigenvalue weighted by molar-refractivity contribution is 0.582. The van der Waals surface area contributed by atoms with Crippen LogP contribution in [0.5, 0.6) is 0 Å². The molecule has 0 radical (unpaired) electrons. The molecule has 0 aliphatic carbocycles. The molecule has 6 heteroatoms. The van der Waals surface area contributed by atoms with E-state index in [9.17, 15) is 8.42 Å². The van der Waals surface area contributed by atoms with E-state index in [4.69, 9.17) is 11.6 Å². The minimum Gasteiger partial charge on any atom is -0.257 e. The topological polar surface area (TPSA) is 59.9 Å². The number of halogens is 1. The second kappa shape index (κ2) is 4.23. The van der Waals surface area contributed by atoms with Crippen LogP contribution in [0, 0.1) is 6.92 Å². The minimum absolute atomic E-state index is 0.0214. The molecule has 1 atom stereocenters. The Morgan fingerprint density at radius 1 is 1.43 bits per heavy atom. The van der Waals surface area contributed by atoms with Crippen molar-refractivity contribution in [1.29, 1.82) is 0 Å². The third-order valence-electron chi connectivity index (χ3n) is 1.85. The first-order valence-corrected chi connectivity index (χ1v) is 6.15. The van der Waals surface area contributed by atoms with Gasteiger partial charge in [-0.1, -0.05) is 0 Å². The Labute approximate surface area is 88.3 Å². The first-order chi connectivity index (χ1) is 6.50. The van der Waals surface area contributed by atoms with Crippen molar-refractivity contribution in [3.05, 3.63) is 18.1 Å². The average Bonchev–Trinajstić information content (AvgIpc) is 2.17. The molecule has 4 nitrogen and oxygen atoms in total. The second-order valence-corrected chi connectivity index (χ2v) is 5.55. The molecule has 1 unspecified atom stereocenters. The molecule has 14 heavy (non-hydrogen) atoms. The normalized spacial score (nSPS) is 13.9. The van der Waals surface area contributed by atoms with Crippen molar-refractivity contribution in [2.45, 2.75) is 24.1 Å². The molecule has 1 aromatic rings. The highest BCUT2D eigenvalue weighted by atomic mass is 35.5. The molecule has 0 amide bonds. The molecule has 0 spiro atoms. The van der Waals surface area contributed by atoms with Crippen LogP contribution < -0.4 is 0 Å². The largest absolute Gasteiger partial charge is 0.257 e. The van der Waals surface area contributed by atoms with Crippen LogP contribution in [0.15, 0.2) is 17.4 Å². The fourth-order valence-electron chi connectivity index (χ4n) is 0.948. The van der Waals surface area contributed by atoms with E-state index in [-0.39, 0.29) is 10.9 Å². The highest BCUT2D eigenvalue weighted by molar-refractivity contribution is 7.92. The summed E-state index contributed by atoms with van der Waals surface area (Å²) in [4.78, 5) is 7.69. The molecule has 0 aliphatic rings. The number of hydrogen-bond donors (Lipinski definition) is 0. The van der Waals surface area contributed by atoms with Crippen LogP contribution in [0.2, 0.25) is 0 Å². The zero-order valence-electron chi connectivity index (χ0n) is 7.94. The van der Waals surface area contributed by atoms with E-state index in [1.165, 1.54) is 12.4 Å². The van der Waals surface area contributed by atoms with Gasteiger partial charge in [0.15, 0.2) is 5.03 Å². The van der Waals surface area contributed by atoms with Crippen LogP contribution in [-0.4, -0.2) is 29.5 Å². The van der Waals surface area contributed by atoms with E-state index in [0.29, 0.717) is 5.69 Å². The van der Waals surface area contributed by atoms with Gasteiger partial charge in [0, 0.05) is 18.3 Å². The van der Waals surface area contributed by atoms with Crippen molar-refractivity contribution in [3.8, 4) is 0 Å². The van der Waals surface area contributed by atoms with Gasteiger partial charge in [-0.3, -0.25) is 4.98 Å². The summed E-state index contributed by atoms with van der Waals surface area (Å²) in [6, 6.07) is 0. The van der Waals surface area contributed by atoms with Gasteiger partial charge in [-0.2, -0.15) is 0 Å². The summed E-state index contributed by atoms with van der Waals surface area (Å²) >= 11 is 5.51. The van der Waals surface area contributed by atoms with Gasteiger partial charge < -0.3 is 0 Å². The van der Waals surface area contributed by atoms with Crippen molar-refractivity contribution < 1.29 is 8.42 Å². The molecule has 1 rings (SSSR count). The van der Waals surface area contributed by atoms with E-state index in [1.807, 2.05) is 0 Å². The maximum atomic E-state index is 11.8. The van der Waals surface area contributed by atoms with Crippen LogP contribution in [0.4, 0.5) is 0 Å². The Kier molecular flexibility index (Phi) is 3.44. The van der Waals surface area contributed by atoms with Crippen LogP contribution in [0.3, 0.4) is 0 Å². The summed E-state index contributed by atoms with van der Waals surface area (Å²) < 4.78 is 23.6. The van der Waals surface area contributed by atoms with Crippen molar-refractivity contribution in [2.75, 3.05) is 5.88 Å². The van der Waals surface area contributed by atoms with Gasteiger partial charge in [0.1, 0.15) is 0 Å². The van der Waals surface area contributed by atoms with Gasteiger partial charge in [-0.15, -0.1) is 11.6 Å². The quantitative estimate of drug-likeness (QED) is 0.737. The first-order valence-electron chi connectivity index (χ1n) is 4.07. The van der Waals surface area contributed by atoms with Crippen LogP contribution in [-0.2, 0) is 9.84 Å². The zero-order valence-corrected chi connectivity index (χ0v) is 9.51. The molecule has 1 heterocycles. The summed E-state index contributed by atoms with van der Waals surface area (Å²) in [6.07, 6.45) is 2.82. The average molecular weight is 235 g/mol. The van der Waals surface area contributed by atoms with Gasteiger partial charge in [0.05, 0.1) is 10.9 Å². The van der Waals surface area contributed by atoms with Gasteiger partial charge in [0.25, 0.3) is 0 Å². The van der Waals surface area contributed by atoms with Crippen molar-refractivity contribution >= 4 is 21.4 Å². The minimum atomic E-state index is -3.43. The lowest BCUT2D eigenvalue weighted by Crippen LogP contribution is -2.21. The van der Waals surface area contributed by atoms with Gasteiger partial charge >= 0.3 is 0 Å². The first kappa shape index (κ1) is 11.4. The van der Waals surface area contributed by atoms with E-state index in [0.717, 1.165) is 0 Å². The van der Waals surface area contributed by atoms with E-state index in [1.54, 1.807) is 13.8 Å². The predicted molar refractivity (Wildman–Crippen MR) is 54.1 cm³/mol. The molecule has 0 saturated carbocycles. The lowest BCUT2D eigenvalue weighted by Gasteiger charge is -2.09. The van der Waals surface area contributed by atoms with Crippen LogP contribution in [0.25, 0.3) is 0 Å². The van der Waals surface area contributed by atoms with Gasteiger partial charge in [-0.25, -0.2) is 13.4 Å². The molecular weight excluding hydrogens is 224 g/mol. The van der Waals surface area contributed by atoms with Crippen molar-refractivity contribution in [2.24, 2.45) is 0 Å². The maximum absolute atomic E-state index is 11.8. The summed E-state index contributed by atoms with van der Waals surface area (Å²) in [6.45, 7) is 3.16. The molecule has 0 aromatic carbocycles. The number of hydrogen-bond acceptors (Lipinski definition) is 4. The Morgan fingerprint density at radius 3 is 2.50 bits per heavy atom. The summed E-state index contributed by atoms with van der Waals surface area (Å²) in [5.74, 6) is 0.0539. The summed E-state index contributed by atoms with van der Waals surface area (Å²) in [5.41, 5.74) is 0.407. The Morgan fingerprint density at radius 2 is 2.00 bits per heavy atom. The van der Waals surface area contributed by atoms with E-state index >= 15 is 0 Å². The number of rotatable bonds is 3. The molecule has 78 valence electrons. The fraction of sp³-hybridized carbons (Fsp3) is 0.500. The smallest absolute Gasteiger partial charge is 0.201 e. The maximum Gasteiger partial charge on any atom is 0.201 e. The zero-order chi connectivity index (χ0) is 10.8. The number of alkyl halides is 1. The summed E-state index contributed by atoms with van der Waals surface area (Å²) in [5, 5.41) is -0.618. The Hall–Kier alpha value is -0.680. The number of aryl methyl sites for hydroxylation is 1. The van der Waals surface area contributed by atoms with Crippen molar-refractivity contribution in [3.63, 3.8) is 0 Å².